The molecule has 1 heterocycles. The summed E-state index contributed by atoms with van der Waals surface area (Å²) in [5.41, 5.74) is 1.67. The number of aliphatic hydroxyl groups excluding tert-OH is 1. The Morgan fingerprint density at radius 1 is 1.40 bits per heavy atom. The monoisotopic (exact) mass is 347 g/mol. The average Bonchev–Trinajstić information content (AvgIpc) is 3.34. The van der Waals surface area contributed by atoms with Gasteiger partial charge in [-0.3, -0.25) is 9.59 Å². The molecule has 1 aliphatic rings. The predicted octanol–water partition coefficient (Wildman–Crippen LogP) is 1.24. The molecule has 25 heavy (non-hydrogen) atoms. The lowest BCUT2D eigenvalue weighted by atomic mass is 10.1. The van der Waals surface area contributed by atoms with E-state index in [2.05, 4.69) is 15.6 Å². The standard InChI is InChI=1S/C18H22FN3O3/c1-10(23)16(22-17(24)11-2-3-11)18(25)20-7-6-12-9-21-15-8-13(19)4-5-14(12)15/h4-5,8-11,16,21,23H,2-3,6-7H2,1H3,(H,20,25)(H,22,24). The van der Waals surface area contributed by atoms with E-state index in [4.69, 9.17) is 0 Å². The van der Waals surface area contributed by atoms with E-state index in [9.17, 15) is 19.1 Å². The van der Waals surface area contributed by atoms with Gasteiger partial charge in [-0.15, -0.1) is 0 Å². The quantitative estimate of drug-likeness (QED) is 0.607. The number of nitrogens with one attached hydrogen (secondary N) is 3. The van der Waals surface area contributed by atoms with Crippen molar-refractivity contribution in [2.24, 2.45) is 5.92 Å². The SMILES string of the molecule is CC(O)C(NC(=O)C1CC1)C(=O)NCCc1c[nH]c2cc(F)ccc12. The van der Waals surface area contributed by atoms with Gasteiger partial charge in [0.1, 0.15) is 11.9 Å². The van der Waals surface area contributed by atoms with Crippen LogP contribution in [0, 0.1) is 11.7 Å². The minimum absolute atomic E-state index is 0.0272. The third-order valence-electron chi connectivity index (χ3n) is 4.43. The number of amides is 2. The summed E-state index contributed by atoms with van der Waals surface area (Å²) in [4.78, 5) is 27.1. The molecule has 2 aromatic rings. The van der Waals surface area contributed by atoms with E-state index in [0.717, 1.165) is 23.8 Å². The van der Waals surface area contributed by atoms with Gasteiger partial charge < -0.3 is 20.7 Å². The van der Waals surface area contributed by atoms with Crippen LogP contribution < -0.4 is 10.6 Å². The third-order valence-corrected chi connectivity index (χ3v) is 4.43. The second-order valence-electron chi connectivity index (χ2n) is 6.55. The molecular weight excluding hydrogens is 325 g/mol. The van der Waals surface area contributed by atoms with Gasteiger partial charge in [0.15, 0.2) is 0 Å². The highest BCUT2D eigenvalue weighted by Gasteiger charge is 2.34. The lowest BCUT2D eigenvalue weighted by Gasteiger charge is -2.20. The number of halogens is 1. The summed E-state index contributed by atoms with van der Waals surface area (Å²) >= 11 is 0. The number of aliphatic hydroxyl groups is 1. The van der Waals surface area contributed by atoms with Crippen molar-refractivity contribution in [1.82, 2.24) is 15.6 Å². The van der Waals surface area contributed by atoms with Crippen molar-refractivity contribution in [2.45, 2.75) is 38.3 Å². The summed E-state index contributed by atoms with van der Waals surface area (Å²) < 4.78 is 13.2. The Hall–Kier alpha value is -2.41. The van der Waals surface area contributed by atoms with Crippen molar-refractivity contribution in [2.75, 3.05) is 6.54 Å². The van der Waals surface area contributed by atoms with Gasteiger partial charge in [0.25, 0.3) is 0 Å². The molecule has 0 radical (unpaired) electrons. The molecule has 0 bridgehead atoms. The van der Waals surface area contributed by atoms with Crippen LogP contribution >= 0.6 is 0 Å². The van der Waals surface area contributed by atoms with Crippen molar-refractivity contribution in [1.29, 1.82) is 0 Å². The normalized spacial score (nSPS) is 16.4. The predicted molar refractivity (Wildman–Crippen MR) is 91.3 cm³/mol. The van der Waals surface area contributed by atoms with Gasteiger partial charge in [0.2, 0.25) is 11.8 Å². The fourth-order valence-corrected chi connectivity index (χ4v) is 2.82. The van der Waals surface area contributed by atoms with Crippen LogP contribution in [0.1, 0.15) is 25.3 Å². The van der Waals surface area contributed by atoms with E-state index < -0.39 is 18.1 Å². The number of hydrogen-bond acceptors (Lipinski definition) is 3. The van der Waals surface area contributed by atoms with Gasteiger partial charge in [-0.25, -0.2) is 4.39 Å². The van der Waals surface area contributed by atoms with Crippen LogP contribution in [0.25, 0.3) is 10.9 Å². The zero-order valence-corrected chi connectivity index (χ0v) is 14.0. The largest absolute Gasteiger partial charge is 0.391 e. The number of carbonyl (C=O) groups is 2. The Kier molecular flexibility index (Phi) is 5.03. The Labute approximate surface area is 144 Å². The first kappa shape index (κ1) is 17.4. The molecule has 6 nitrogen and oxygen atoms in total. The fourth-order valence-electron chi connectivity index (χ4n) is 2.82. The van der Waals surface area contributed by atoms with Gasteiger partial charge in [-0.05, 0) is 49.9 Å². The van der Waals surface area contributed by atoms with Crippen LogP contribution in [-0.2, 0) is 16.0 Å². The summed E-state index contributed by atoms with van der Waals surface area (Å²) in [6.45, 7) is 1.83. The zero-order valence-electron chi connectivity index (χ0n) is 14.0. The Morgan fingerprint density at radius 3 is 2.84 bits per heavy atom. The van der Waals surface area contributed by atoms with Crippen molar-refractivity contribution in [3.8, 4) is 0 Å². The maximum Gasteiger partial charge on any atom is 0.245 e. The van der Waals surface area contributed by atoms with E-state index in [0.29, 0.717) is 18.5 Å². The molecule has 4 N–H and O–H groups in total. The molecule has 7 heteroatoms. The number of fused-ring (bicyclic) bond motifs is 1. The fraction of sp³-hybridized carbons (Fsp3) is 0.444. The molecule has 1 aromatic carbocycles. The topological polar surface area (TPSA) is 94.2 Å². The number of H-pyrrole nitrogens is 1. The molecule has 0 aliphatic heterocycles. The van der Waals surface area contributed by atoms with Crippen LogP contribution in [0.3, 0.4) is 0 Å². The Morgan fingerprint density at radius 2 is 2.16 bits per heavy atom. The van der Waals surface area contributed by atoms with E-state index >= 15 is 0 Å². The van der Waals surface area contributed by atoms with Crippen molar-refractivity contribution in [3.63, 3.8) is 0 Å². The molecule has 1 aromatic heterocycles. The van der Waals surface area contributed by atoms with Gasteiger partial charge in [0.05, 0.1) is 6.10 Å². The minimum atomic E-state index is -0.973. The molecule has 2 atom stereocenters. The highest BCUT2D eigenvalue weighted by Crippen LogP contribution is 2.29. The Balaban J connectivity index is 1.55. The number of hydrogen-bond donors (Lipinski definition) is 4. The van der Waals surface area contributed by atoms with Crippen LogP contribution in [0.15, 0.2) is 24.4 Å². The molecule has 2 unspecified atom stereocenters. The van der Waals surface area contributed by atoms with E-state index in [1.165, 1.54) is 19.1 Å². The van der Waals surface area contributed by atoms with E-state index in [-0.39, 0.29) is 17.6 Å². The number of aromatic nitrogens is 1. The van der Waals surface area contributed by atoms with Crippen molar-refractivity contribution in [3.05, 3.63) is 35.8 Å². The molecule has 1 saturated carbocycles. The van der Waals surface area contributed by atoms with Gasteiger partial charge in [-0.1, -0.05) is 0 Å². The molecule has 1 fully saturated rings. The second kappa shape index (κ2) is 7.23. The molecule has 3 rings (SSSR count). The van der Waals surface area contributed by atoms with Crippen molar-refractivity contribution < 1.29 is 19.1 Å². The molecule has 2 amide bonds. The van der Waals surface area contributed by atoms with Gasteiger partial charge >= 0.3 is 0 Å². The van der Waals surface area contributed by atoms with E-state index in [1.54, 1.807) is 12.3 Å². The summed E-state index contributed by atoms with van der Waals surface area (Å²) in [6, 6.07) is 3.57. The first-order valence-corrected chi connectivity index (χ1v) is 8.47. The lowest BCUT2D eigenvalue weighted by molar-refractivity contribution is -0.132. The van der Waals surface area contributed by atoms with E-state index in [1.807, 2.05) is 0 Å². The van der Waals surface area contributed by atoms with Gasteiger partial charge in [-0.2, -0.15) is 0 Å². The summed E-state index contributed by atoms with van der Waals surface area (Å²) in [7, 11) is 0. The third kappa shape index (κ3) is 4.17. The molecule has 1 aliphatic carbocycles. The summed E-state index contributed by atoms with van der Waals surface area (Å²) in [5.74, 6) is -0.921. The van der Waals surface area contributed by atoms with Crippen LogP contribution in [0.5, 0.6) is 0 Å². The van der Waals surface area contributed by atoms with Crippen LogP contribution in [0.2, 0.25) is 0 Å². The molecule has 0 spiro atoms. The summed E-state index contributed by atoms with van der Waals surface area (Å²) in [6.07, 6.45) is 3.04. The number of rotatable bonds is 7. The number of aromatic amines is 1. The van der Waals surface area contributed by atoms with Crippen LogP contribution in [0.4, 0.5) is 4.39 Å². The average molecular weight is 347 g/mol. The van der Waals surface area contributed by atoms with Crippen molar-refractivity contribution >= 4 is 22.7 Å². The first-order valence-electron chi connectivity index (χ1n) is 8.47. The lowest BCUT2D eigenvalue weighted by Crippen LogP contribution is -2.53. The number of benzene rings is 1. The maximum atomic E-state index is 13.2. The summed E-state index contributed by atoms with van der Waals surface area (Å²) in [5, 5.41) is 16.0. The Bertz CT molecular complexity index is 783. The minimum Gasteiger partial charge on any atom is -0.391 e. The smallest absolute Gasteiger partial charge is 0.245 e. The highest BCUT2D eigenvalue weighted by atomic mass is 19.1. The number of carbonyl (C=O) groups excluding carboxylic acids is 2. The van der Waals surface area contributed by atoms with Gasteiger partial charge in [0, 0.05) is 29.6 Å². The maximum absolute atomic E-state index is 13.2. The molecule has 134 valence electrons. The first-order chi connectivity index (χ1) is 12.0. The van der Waals surface area contributed by atoms with Crippen LogP contribution in [-0.4, -0.2) is 40.6 Å². The zero-order chi connectivity index (χ0) is 18.0. The molecular formula is C18H22FN3O3. The highest BCUT2D eigenvalue weighted by molar-refractivity contribution is 5.90. The molecule has 0 saturated heterocycles. The second-order valence-corrected chi connectivity index (χ2v) is 6.55.